The first kappa shape index (κ1) is 12.6. The van der Waals surface area contributed by atoms with Gasteiger partial charge < -0.3 is 10.5 Å². The lowest BCUT2D eigenvalue weighted by Crippen LogP contribution is -2.30. The zero-order valence-electron chi connectivity index (χ0n) is 10.3. The summed E-state index contributed by atoms with van der Waals surface area (Å²) in [5.74, 6) is 0.721. The highest BCUT2D eigenvalue weighted by Gasteiger charge is 2.12. The van der Waals surface area contributed by atoms with Crippen LogP contribution in [0.1, 0.15) is 37.8 Å². The molecule has 16 heavy (non-hydrogen) atoms. The molecule has 1 aromatic carbocycles. The molecule has 3 heteroatoms. The number of amides is 1. The average Bonchev–Trinajstić information content (AvgIpc) is 2.20. The Hall–Kier alpha value is -1.51. The summed E-state index contributed by atoms with van der Waals surface area (Å²) in [6.07, 6.45) is -0.596. The Kier molecular flexibility index (Phi) is 3.93. The van der Waals surface area contributed by atoms with Crippen LogP contribution in [0.25, 0.3) is 0 Å². The largest absolute Gasteiger partial charge is 0.481 e. The molecule has 1 atom stereocenters. The van der Waals surface area contributed by atoms with Gasteiger partial charge in [0.2, 0.25) is 0 Å². The summed E-state index contributed by atoms with van der Waals surface area (Å²) in [5, 5.41) is 0. The van der Waals surface area contributed by atoms with E-state index in [0.717, 1.165) is 11.3 Å². The second kappa shape index (κ2) is 5.01. The van der Waals surface area contributed by atoms with Crippen molar-refractivity contribution in [3.63, 3.8) is 0 Å². The van der Waals surface area contributed by atoms with E-state index in [0.29, 0.717) is 5.92 Å². The van der Waals surface area contributed by atoms with Gasteiger partial charge in [-0.3, -0.25) is 4.79 Å². The van der Waals surface area contributed by atoms with Crippen molar-refractivity contribution < 1.29 is 9.53 Å². The standard InChI is InChI=1S/C13H19NO2/c1-8(2)11-6-5-9(3)12(7-11)16-10(4)13(14)15/h5-8,10H,1-4H3,(H2,14,15)/t10-/m0/s1. The van der Waals surface area contributed by atoms with Gasteiger partial charge in [-0.15, -0.1) is 0 Å². The molecule has 0 aromatic heterocycles. The summed E-state index contributed by atoms with van der Waals surface area (Å²) in [6, 6.07) is 6.04. The van der Waals surface area contributed by atoms with Crippen molar-refractivity contribution in [2.75, 3.05) is 0 Å². The molecule has 1 rings (SSSR count). The lowest BCUT2D eigenvalue weighted by Gasteiger charge is -2.15. The van der Waals surface area contributed by atoms with Crippen molar-refractivity contribution >= 4 is 5.91 Å². The first-order valence-electron chi connectivity index (χ1n) is 5.48. The van der Waals surface area contributed by atoms with Crippen molar-refractivity contribution in [3.8, 4) is 5.75 Å². The molecule has 0 saturated heterocycles. The van der Waals surface area contributed by atoms with Crippen LogP contribution in [0.15, 0.2) is 18.2 Å². The maximum Gasteiger partial charge on any atom is 0.258 e. The van der Waals surface area contributed by atoms with Crippen molar-refractivity contribution in [1.82, 2.24) is 0 Å². The Morgan fingerprint density at radius 1 is 1.31 bits per heavy atom. The van der Waals surface area contributed by atoms with Crippen LogP contribution in [0, 0.1) is 6.92 Å². The summed E-state index contributed by atoms with van der Waals surface area (Å²) in [4.78, 5) is 10.9. The molecule has 0 aliphatic heterocycles. The van der Waals surface area contributed by atoms with Crippen LogP contribution >= 0.6 is 0 Å². The second-order valence-electron chi connectivity index (χ2n) is 4.34. The Morgan fingerprint density at radius 3 is 2.44 bits per heavy atom. The Balaban J connectivity index is 2.94. The molecular weight excluding hydrogens is 202 g/mol. The van der Waals surface area contributed by atoms with E-state index in [1.807, 2.05) is 19.1 Å². The van der Waals surface area contributed by atoms with E-state index in [1.165, 1.54) is 5.56 Å². The minimum atomic E-state index is -0.596. The molecule has 0 fully saturated rings. The molecule has 2 N–H and O–H groups in total. The monoisotopic (exact) mass is 221 g/mol. The smallest absolute Gasteiger partial charge is 0.258 e. The summed E-state index contributed by atoms with van der Waals surface area (Å²) >= 11 is 0. The summed E-state index contributed by atoms with van der Waals surface area (Å²) in [5.41, 5.74) is 7.37. The Labute approximate surface area is 96.6 Å². The van der Waals surface area contributed by atoms with Gasteiger partial charge in [0.25, 0.3) is 5.91 Å². The quantitative estimate of drug-likeness (QED) is 0.848. The molecular formula is C13H19NO2. The van der Waals surface area contributed by atoms with Gasteiger partial charge in [0.05, 0.1) is 0 Å². The van der Waals surface area contributed by atoms with Gasteiger partial charge >= 0.3 is 0 Å². The van der Waals surface area contributed by atoms with Crippen LogP contribution in [0.4, 0.5) is 0 Å². The predicted molar refractivity (Wildman–Crippen MR) is 64.6 cm³/mol. The van der Waals surface area contributed by atoms with E-state index < -0.39 is 12.0 Å². The molecule has 0 aliphatic rings. The van der Waals surface area contributed by atoms with Crippen molar-refractivity contribution in [2.24, 2.45) is 5.73 Å². The Bertz CT molecular complexity index is 386. The number of carbonyl (C=O) groups excluding carboxylic acids is 1. The molecule has 0 unspecified atom stereocenters. The number of rotatable bonds is 4. The van der Waals surface area contributed by atoms with E-state index in [2.05, 4.69) is 19.9 Å². The zero-order chi connectivity index (χ0) is 12.3. The number of hydrogen-bond acceptors (Lipinski definition) is 2. The van der Waals surface area contributed by atoms with E-state index in [9.17, 15) is 4.79 Å². The molecule has 0 spiro atoms. The van der Waals surface area contributed by atoms with E-state index >= 15 is 0 Å². The number of hydrogen-bond donors (Lipinski definition) is 1. The fraction of sp³-hybridized carbons (Fsp3) is 0.462. The van der Waals surface area contributed by atoms with Gasteiger partial charge in [-0.05, 0) is 37.0 Å². The third kappa shape index (κ3) is 2.99. The third-order valence-electron chi connectivity index (χ3n) is 2.58. The highest BCUT2D eigenvalue weighted by atomic mass is 16.5. The minimum Gasteiger partial charge on any atom is -0.481 e. The van der Waals surface area contributed by atoms with Gasteiger partial charge in [0, 0.05) is 0 Å². The summed E-state index contributed by atoms with van der Waals surface area (Å²) in [6.45, 7) is 7.84. The van der Waals surface area contributed by atoms with Crippen LogP contribution in [0.2, 0.25) is 0 Å². The fourth-order valence-electron chi connectivity index (χ4n) is 1.35. The molecule has 3 nitrogen and oxygen atoms in total. The number of benzene rings is 1. The first-order chi connectivity index (χ1) is 7.41. The van der Waals surface area contributed by atoms with E-state index in [-0.39, 0.29) is 0 Å². The number of nitrogens with two attached hydrogens (primary N) is 1. The predicted octanol–water partition coefficient (Wildman–Crippen LogP) is 2.37. The van der Waals surface area contributed by atoms with E-state index in [1.54, 1.807) is 6.92 Å². The van der Waals surface area contributed by atoms with Crippen LogP contribution in [-0.4, -0.2) is 12.0 Å². The van der Waals surface area contributed by atoms with E-state index in [4.69, 9.17) is 10.5 Å². The molecule has 0 saturated carbocycles. The lowest BCUT2D eigenvalue weighted by molar-refractivity contribution is -0.123. The second-order valence-corrected chi connectivity index (χ2v) is 4.34. The molecule has 0 radical (unpaired) electrons. The number of aryl methyl sites for hydroxylation is 1. The van der Waals surface area contributed by atoms with Crippen LogP contribution < -0.4 is 10.5 Å². The summed E-state index contributed by atoms with van der Waals surface area (Å²) < 4.78 is 5.52. The number of primary amides is 1. The van der Waals surface area contributed by atoms with Crippen LogP contribution in [-0.2, 0) is 4.79 Å². The third-order valence-corrected chi connectivity index (χ3v) is 2.58. The highest BCUT2D eigenvalue weighted by Crippen LogP contribution is 2.24. The van der Waals surface area contributed by atoms with Gasteiger partial charge in [0.1, 0.15) is 5.75 Å². The molecule has 1 aromatic rings. The lowest BCUT2D eigenvalue weighted by atomic mass is 10.0. The van der Waals surface area contributed by atoms with Gasteiger partial charge in [-0.25, -0.2) is 0 Å². The number of carbonyl (C=O) groups is 1. The molecule has 1 amide bonds. The van der Waals surface area contributed by atoms with Gasteiger partial charge in [-0.2, -0.15) is 0 Å². The van der Waals surface area contributed by atoms with Crippen molar-refractivity contribution in [1.29, 1.82) is 0 Å². The topological polar surface area (TPSA) is 52.3 Å². The first-order valence-corrected chi connectivity index (χ1v) is 5.48. The fourth-order valence-corrected chi connectivity index (χ4v) is 1.35. The number of ether oxygens (including phenoxy) is 1. The Morgan fingerprint density at radius 2 is 1.94 bits per heavy atom. The summed E-state index contributed by atoms with van der Waals surface area (Å²) in [7, 11) is 0. The maximum absolute atomic E-state index is 10.9. The maximum atomic E-state index is 10.9. The highest BCUT2D eigenvalue weighted by molar-refractivity contribution is 5.78. The van der Waals surface area contributed by atoms with Crippen molar-refractivity contribution in [2.45, 2.75) is 39.7 Å². The van der Waals surface area contributed by atoms with Crippen molar-refractivity contribution in [3.05, 3.63) is 29.3 Å². The average molecular weight is 221 g/mol. The normalized spacial score (nSPS) is 12.6. The SMILES string of the molecule is Cc1ccc(C(C)C)cc1O[C@@H](C)C(N)=O. The zero-order valence-corrected chi connectivity index (χ0v) is 10.3. The van der Waals surface area contributed by atoms with Crippen LogP contribution in [0.3, 0.4) is 0 Å². The van der Waals surface area contributed by atoms with Crippen LogP contribution in [0.5, 0.6) is 5.75 Å². The molecule has 0 aliphatic carbocycles. The molecule has 0 bridgehead atoms. The van der Waals surface area contributed by atoms with Gasteiger partial charge in [-0.1, -0.05) is 26.0 Å². The minimum absolute atomic E-state index is 0.437. The molecule has 0 heterocycles. The molecule has 88 valence electrons. The van der Waals surface area contributed by atoms with Gasteiger partial charge in [0.15, 0.2) is 6.10 Å².